The molecule has 0 saturated heterocycles. The molecule has 0 spiro atoms. The molecule has 0 atom stereocenters. The van der Waals surface area contributed by atoms with E-state index in [-0.39, 0.29) is 0 Å². The Morgan fingerprint density at radius 3 is 2.90 bits per heavy atom. The van der Waals surface area contributed by atoms with Gasteiger partial charge in [0.25, 0.3) is 0 Å². The molecule has 3 aromatic rings. The van der Waals surface area contributed by atoms with Gasteiger partial charge in [-0.15, -0.1) is 0 Å². The number of hydrogen-bond donors (Lipinski definition) is 1. The molecule has 0 fully saturated rings. The largest absolute Gasteiger partial charge is 0.497 e. The van der Waals surface area contributed by atoms with Crippen molar-refractivity contribution in [2.75, 3.05) is 13.7 Å². The van der Waals surface area contributed by atoms with Crippen LogP contribution in [0.1, 0.15) is 16.9 Å². The number of methoxy groups -OCH3 is 1. The maximum atomic E-state index is 6.02. The number of hydrogen-bond acceptors (Lipinski definition) is 4. The summed E-state index contributed by atoms with van der Waals surface area (Å²) in [6.07, 6.45) is 5.14. The van der Waals surface area contributed by atoms with Crippen LogP contribution in [0.25, 0.3) is 11.0 Å². The highest BCUT2D eigenvalue weighted by atomic mass is 16.5. The van der Waals surface area contributed by atoms with E-state index in [2.05, 4.69) is 4.98 Å². The highest BCUT2D eigenvalue weighted by molar-refractivity contribution is 5.84. The molecule has 21 heavy (non-hydrogen) atoms. The van der Waals surface area contributed by atoms with E-state index >= 15 is 0 Å². The fraction of sp³-hybridized carbons (Fsp3) is 0.235. The maximum Gasteiger partial charge on any atom is 0.134 e. The van der Waals surface area contributed by atoms with E-state index in [1.54, 1.807) is 13.3 Å². The van der Waals surface area contributed by atoms with Gasteiger partial charge in [0.1, 0.15) is 17.1 Å². The minimum Gasteiger partial charge on any atom is -0.497 e. The van der Waals surface area contributed by atoms with Crippen LogP contribution in [0.5, 0.6) is 5.75 Å². The van der Waals surface area contributed by atoms with Crippen LogP contribution < -0.4 is 10.5 Å². The topological polar surface area (TPSA) is 61.3 Å². The van der Waals surface area contributed by atoms with Crippen molar-refractivity contribution in [1.82, 2.24) is 4.98 Å². The zero-order valence-electron chi connectivity index (χ0n) is 12.0. The molecule has 3 rings (SSSR count). The van der Waals surface area contributed by atoms with E-state index < -0.39 is 0 Å². The lowest BCUT2D eigenvalue weighted by molar-refractivity contribution is 0.415. The number of benzene rings is 1. The van der Waals surface area contributed by atoms with E-state index in [0.717, 1.165) is 46.4 Å². The molecule has 0 saturated carbocycles. The molecule has 0 unspecified atom stereocenters. The molecule has 4 nitrogen and oxygen atoms in total. The van der Waals surface area contributed by atoms with Gasteiger partial charge in [0.15, 0.2) is 0 Å². The minimum absolute atomic E-state index is 0.589. The molecule has 0 radical (unpaired) electrons. The first-order valence-electron chi connectivity index (χ1n) is 6.99. The predicted octanol–water partition coefficient (Wildman–Crippen LogP) is 2.93. The first-order chi connectivity index (χ1) is 10.3. The Morgan fingerprint density at radius 1 is 1.29 bits per heavy atom. The number of fused-ring (bicyclic) bond motifs is 1. The number of nitrogens with two attached hydrogens (primary N) is 1. The summed E-state index contributed by atoms with van der Waals surface area (Å²) >= 11 is 0. The summed E-state index contributed by atoms with van der Waals surface area (Å²) in [4.78, 5) is 4.15. The summed E-state index contributed by atoms with van der Waals surface area (Å²) in [5.74, 6) is 1.78. The molecule has 2 heterocycles. The molecule has 0 aliphatic carbocycles. The van der Waals surface area contributed by atoms with Gasteiger partial charge in [0.05, 0.1) is 7.11 Å². The van der Waals surface area contributed by atoms with Gasteiger partial charge in [-0.25, -0.2) is 0 Å². The van der Waals surface area contributed by atoms with Crippen LogP contribution in [0.2, 0.25) is 0 Å². The third kappa shape index (κ3) is 2.76. The van der Waals surface area contributed by atoms with Crippen molar-refractivity contribution in [2.45, 2.75) is 12.8 Å². The Balaban J connectivity index is 2.06. The third-order valence-electron chi connectivity index (χ3n) is 3.56. The monoisotopic (exact) mass is 282 g/mol. The Bertz CT molecular complexity index is 735. The quantitative estimate of drug-likeness (QED) is 0.781. The summed E-state index contributed by atoms with van der Waals surface area (Å²) in [6.45, 7) is 0.589. The van der Waals surface area contributed by atoms with E-state index in [9.17, 15) is 0 Å². The zero-order valence-corrected chi connectivity index (χ0v) is 12.0. The molecule has 0 amide bonds. The van der Waals surface area contributed by atoms with Gasteiger partial charge in [-0.1, -0.05) is 6.07 Å². The van der Waals surface area contributed by atoms with E-state index in [4.69, 9.17) is 14.9 Å². The summed E-state index contributed by atoms with van der Waals surface area (Å²) in [5.41, 5.74) is 8.92. The van der Waals surface area contributed by atoms with Crippen LogP contribution in [0.4, 0.5) is 0 Å². The fourth-order valence-corrected chi connectivity index (χ4v) is 2.55. The predicted molar refractivity (Wildman–Crippen MR) is 82.6 cm³/mol. The lowest BCUT2D eigenvalue weighted by atomic mass is 10.0. The molecular formula is C17H18N2O2. The van der Waals surface area contributed by atoms with Gasteiger partial charge in [0.2, 0.25) is 0 Å². The number of furan rings is 1. The smallest absolute Gasteiger partial charge is 0.134 e. The average Bonchev–Trinajstić information content (AvgIpc) is 2.85. The van der Waals surface area contributed by atoms with E-state index in [1.165, 1.54) is 0 Å². The van der Waals surface area contributed by atoms with Crippen molar-refractivity contribution in [2.24, 2.45) is 5.73 Å². The van der Waals surface area contributed by atoms with Crippen LogP contribution in [-0.4, -0.2) is 18.6 Å². The van der Waals surface area contributed by atoms with Crippen molar-refractivity contribution in [3.63, 3.8) is 0 Å². The van der Waals surface area contributed by atoms with Crippen molar-refractivity contribution >= 4 is 11.0 Å². The molecule has 4 heteroatoms. The summed E-state index contributed by atoms with van der Waals surface area (Å²) in [7, 11) is 1.67. The van der Waals surface area contributed by atoms with Crippen LogP contribution in [-0.2, 0) is 12.8 Å². The number of rotatable bonds is 5. The van der Waals surface area contributed by atoms with Crippen molar-refractivity contribution in [3.8, 4) is 5.75 Å². The van der Waals surface area contributed by atoms with Gasteiger partial charge in [-0.2, -0.15) is 0 Å². The van der Waals surface area contributed by atoms with Gasteiger partial charge < -0.3 is 14.9 Å². The molecular weight excluding hydrogens is 264 g/mol. The first kappa shape index (κ1) is 13.6. The molecule has 1 aromatic carbocycles. The second-order valence-corrected chi connectivity index (χ2v) is 4.94. The van der Waals surface area contributed by atoms with Gasteiger partial charge in [0, 0.05) is 29.8 Å². The molecule has 0 aliphatic heterocycles. The lowest BCUT2D eigenvalue weighted by Crippen LogP contribution is -2.04. The lowest BCUT2D eigenvalue weighted by Gasteiger charge is -2.02. The SMILES string of the molecule is COc1ccc2oc(Cc3cccnc3)c(CCN)c2c1. The van der Waals surface area contributed by atoms with Crippen LogP contribution in [0, 0.1) is 0 Å². The first-order valence-corrected chi connectivity index (χ1v) is 6.99. The second kappa shape index (κ2) is 5.97. The minimum atomic E-state index is 0.589. The van der Waals surface area contributed by atoms with Crippen LogP contribution >= 0.6 is 0 Å². The highest BCUT2D eigenvalue weighted by Crippen LogP contribution is 2.30. The van der Waals surface area contributed by atoms with Crippen molar-refractivity contribution in [3.05, 3.63) is 59.6 Å². The Kier molecular flexibility index (Phi) is 3.88. The Hall–Kier alpha value is -2.33. The van der Waals surface area contributed by atoms with E-state index in [0.29, 0.717) is 6.54 Å². The number of pyridine rings is 1. The van der Waals surface area contributed by atoms with Crippen LogP contribution in [0.3, 0.4) is 0 Å². The maximum absolute atomic E-state index is 6.02. The highest BCUT2D eigenvalue weighted by Gasteiger charge is 2.14. The molecule has 2 N–H and O–H groups in total. The number of aromatic nitrogens is 1. The second-order valence-electron chi connectivity index (χ2n) is 4.94. The van der Waals surface area contributed by atoms with Crippen molar-refractivity contribution in [1.29, 1.82) is 0 Å². The average molecular weight is 282 g/mol. The Labute approximate surface area is 123 Å². The zero-order chi connectivity index (χ0) is 14.7. The van der Waals surface area contributed by atoms with Crippen LogP contribution in [0.15, 0.2) is 47.1 Å². The molecule has 108 valence electrons. The fourth-order valence-electron chi connectivity index (χ4n) is 2.55. The number of nitrogens with zero attached hydrogens (tertiary/aromatic N) is 1. The summed E-state index contributed by atoms with van der Waals surface area (Å²) < 4.78 is 11.3. The van der Waals surface area contributed by atoms with Gasteiger partial charge in [-0.3, -0.25) is 4.98 Å². The third-order valence-corrected chi connectivity index (χ3v) is 3.56. The summed E-state index contributed by atoms with van der Waals surface area (Å²) in [5, 5.41) is 1.08. The standard InChI is InChI=1S/C17H18N2O2/c1-20-13-4-5-16-15(10-13)14(6-7-18)17(21-16)9-12-3-2-8-19-11-12/h2-5,8,10-11H,6-7,9,18H2,1H3. The molecule has 0 aliphatic rings. The normalized spacial score (nSPS) is 11.0. The number of ether oxygens (including phenoxy) is 1. The summed E-state index contributed by atoms with van der Waals surface area (Å²) in [6, 6.07) is 9.85. The van der Waals surface area contributed by atoms with Gasteiger partial charge in [-0.05, 0) is 42.8 Å². The molecule has 0 bridgehead atoms. The van der Waals surface area contributed by atoms with Crippen molar-refractivity contribution < 1.29 is 9.15 Å². The van der Waals surface area contributed by atoms with Gasteiger partial charge >= 0.3 is 0 Å². The van der Waals surface area contributed by atoms with E-state index in [1.807, 2.05) is 36.5 Å². The molecule has 2 aromatic heterocycles. The Morgan fingerprint density at radius 2 is 2.19 bits per heavy atom.